The van der Waals surface area contributed by atoms with Gasteiger partial charge in [0.05, 0.1) is 6.04 Å². The van der Waals surface area contributed by atoms with Crippen LogP contribution in [-0.2, 0) is 9.59 Å². The standard InChI is InChI=1S/C13H18ClNO.C5H10N2O3/c1-9(15-13(2,3)4)12(16)10-6-5-7-11(14)8-10;6-3(5(9)10)1-2-4(7)8/h5-9,15H,1-4H3;3H,1-2,6H2,(H2,7,8)(H,9,10). The Bertz CT molecular complexity index is 629. The average molecular weight is 386 g/mol. The highest BCUT2D eigenvalue weighted by molar-refractivity contribution is 6.31. The first kappa shape index (κ1) is 24.0. The van der Waals surface area contributed by atoms with E-state index in [0.29, 0.717) is 10.6 Å². The van der Waals surface area contributed by atoms with Crippen molar-refractivity contribution in [3.63, 3.8) is 0 Å². The SMILES string of the molecule is CC(NC(C)(C)C)C(=O)c1cccc(Cl)c1.NC(=O)CCC(N)C(=O)O. The minimum absolute atomic E-state index is 0.0213. The van der Waals surface area contributed by atoms with Gasteiger partial charge < -0.3 is 21.9 Å². The second-order valence-electron chi connectivity index (χ2n) is 6.94. The summed E-state index contributed by atoms with van der Waals surface area (Å²) >= 11 is 5.85. The fourth-order valence-electron chi connectivity index (χ4n) is 2.03. The van der Waals surface area contributed by atoms with E-state index < -0.39 is 17.9 Å². The normalized spacial score (nSPS) is 13.2. The number of benzene rings is 1. The van der Waals surface area contributed by atoms with Gasteiger partial charge in [-0.1, -0.05) is 23.7 Å². The molecule has 26 heavy (non-hydrogen) atoms. The van der Waals surface area contributed by atoms with E-state index >= 15 is 0 Å². The zero-order valence-corrected chi connectivity index (χ0v) is 16.3. The Labute approximate surface area is 159 Å². The van der Waals surface area contributed by atoms with Crippen LogP contribution in [0.1, 0.15) is 50.9 Å². The second kappa shape index (κ2) is 10.9. The molecule has 6 N–H and O–H groups in total. The van der Waals surface area contributed by atoms with Crippen molar-refractivity contribution in [3.05, 3.63) is 34.9 Å². The van der Waals surface area contributed by atoms with E-state index in [2.05, 4.69) is 5.32 Å². The Morgan fingerprint density at radius 3 is 2.27 bits per heavy atom. The van der Waals surface area contributed by atoms with Crippen LogP contribution < -0.4 is 16.8 Å². The zero-order chi connectivity index (χ0) is 20.5. The molecule has 1 aromatic rings. The number of amides is 1. The molecule has 0 aliphatic carbocycles. The minimum Gasteiger partial charge on any atom is -0.480 e. The minimum atomic E-state index is -1.11. The molecule has 0 saturated heterocycles. The number of carboxylic acids is 1. The zero-order valence-electron chi connectivity index (χ0n) is 15.6. The maximum absolute atomic E-state index is 12.1. The molecule has 0 aliphatic rings. The van der Waals surface area contributed by atoms with E-state index in [-0.39, 0.29) is 30.2 Å². The van der Waals surface area contributed by atoms with Crippen molar-refractivity contribution in [2.45, 2.75) is 58.2 Å². The van der Waals surface area contributed by atoms with Gasteiger partial charge in [-0.3, -0.25) is 14.4 Å². The Kier molecular flexibility index (Phi) is 10.1. The Morgan fingerprint density at radius 2 is 1.85 bits per heavy atom. The lowest BCUT2D eigenvalue weighted by atomic mass is 10.0. The van der Waals surface area contributed by atoms with Gasteiger partial charge in [0.15, 0.2) is 5.78 Å². The Hall–Kier alpha value is -1.96. The van der Waals surface area contributed by atoms with Gasteiger partial charge in [0.25, 0.3) is 0 Å². The highest BCUT2D eigenvalue weighted by Gasteiger charge is 2.20. The molecule has 0 spiro atoms. The number of halogens is 1. The third-order valence-corrected chi connectivity index (χ3v) is 3.41. The molecule has 0 bridgehead atoms. The van der Waals surface area contributed by atoms with E-state index in [0.717, 1.165) is 0 Å². The molecule has 1 amide bonds. The van der Waals surface area contributed by atoms with Crippen LogP contribution in [0.2, 0.25) is 5.02 Å². The maximum Gasteiger partial charge on any atom is 0.320 e. The first-order chi connectivity index (χ1) is 11.8. The number of carboxylic acid groups (broad SMARTS) is 1. The highest BCUT2D eigenvalue weighted by Crippen LogP contribution is 2.13. The molecular weight excluding hydrogens is 358 g/mol. The predicted molar refractivity (Wildman–Crippen MR) is 102 cm³/mol. The summed E-state index contributed by atoms with van der Waals surface area (Å²) in [6, 6.07) is 5.85. The van der Waals surface area contributed by atoms with Crippen molar-refractivity contribution in [1.29, 1.82) is 0 Å². The van der Waals surface area contributed by atoms with Gasteiger partial charge in [-0.25, -0.2) is 0 Å². The lowest BCUT2D eigenvalue weighted by molar-refractivity contribution is -0.138. The van der Waals surface area contributed by atoms with Gasteiger partial charge in [-0.2, -0.15) is 0 Å². The van der Waals surface area contributed by atoms with Gasteiger partial charge in [0.2, 0.25) is 5.91 Å². The van der Waals surface area contributed by atoms with Crippen LogP contribution in [0.5, 0.6) is 0 Å². The number of ketones is 1. The van der Waals surface area contributed by atoms with E-state index in [4.69, 9.17) is 28.2 Å². The van der Waals surface area contributed by atoms with E-state index in [1.807, 2.05) is 27.7 Å². The summed E-state index contributed by atoms with van der Waals surface area (Å²) in [5, 5.41) is 12.1. The van der Waals surface area contributed by atoms with Gasteiger partial charge in [-0.15, -0.1) is 0 Å². The van der Waals surface area contributed by atoms with Crippen molar-refractivity contribution in [1.82, 2.24) is 5.32 Å². The largest absolute Gasteiger partial charge is 0.480 e. The molecule has 7 nitrogen and oxygen atoms in total. The van der Waals surface area contributed by atoms with Crippen LogP contribution in [-0.4, -0.2) is 40.4 Å². The lowest BCUT2D eigenvalue weighted by Crippen LogP contribution is -2.46. The second-order valence-corrected chi connectivity index (χ2v) is 7.38. The summed E-state index contributed by atoms with van der Waals surface area (Å²) in [6.07, 6.45) is 0.123. The van der Waals surface area contributed by atoms with Crippen LogP contribution in [0.3, 0.4) is 0 Å². The molecule has 8 heteroatoms. The van der Waals surface area contributed by atoms with Crippen molar-refractivity contribution in [2.75, 3.05) is 0 Å². The summed E-state index contributed by atoms with van der Waals surface area (Å²) < 4.78 is 0. The summed E-state index contributed by atoms with van der Waals surface area (Å²) in [4.78, 5) is 32.2. The number of hydrogen-bond donors (Lipinski definition) is 4. The number of Topliss-reactive ketones (excluding diaryl/α,β-unsaturated/α-hetero) is 1. The fraction of sp³-hybridized carbons (Fsp3) is 0.500. The van der Waals surface area contributed by atoms with Gasteiger partial charge in [0.1, 0.15) is 6.04 Å². The monoisotopic (exact) mass is 385 g/mol. The van der Waals surface area contributed by atoms with Crippen LogP contribution in [0.4, 0.5) is 0 Å². The van der Waals surface area contributed by atoms with Crippen LogP contribution in [0.15, 0.2) is 24.3 Å². The molecule has 1 aromatic carbocycles. The summed E-state index contributed by atoms with van der Waals surface area (Å²) in [5.41, 5.74) is 10.4. The predicted octanol–water partition coefficient (Wildman–Crippen LogP) is 1.96. The Balaban J connectivity index is 0.000000541. The van der Waals surface area contributed by atoms with E-state index in [1.54, 1.807) is 24.3 Å². The third-order valence-electron chi connectivity index (χ3n) is 3.17. The summed E-state index contributed by atoms with van der Waals surface area (Å²) in [6.45, 7) is 7.98. The average Bonchev–Trinajstić information content (AvgIpc) is 2.50. The quantitative estimate of drug-likeness (QED) is 0.530. The van der Waals surface area contributed by atoms with E-state index in [9.17, 15) is 14.4 Å². The molecular formula is C18H28ClN3O4. The fourth-order valence-corrected chi connectivity index (χ4v) is 2.22. The topological polar surface area (TPSA) is 136 Å². The smallest absolute Gasteiger partial charge is 0.320 e. The van der Waals surface area contributed by atoms with Crippen LogP contribution in [0, 0.1) is 0 Å². The third kappa shape index (κ3) is 10.8. The molecule has 0 aromatic heterocycles. The molecule has 2 atom stereocenters. The van der Waals surface area contributed by atoms with Crippen molar-refractivity contribution >= 4 is 29.3 Å². The lowest BCUT2D eigenvalue weighted by Gasteiger charge is -2.25. The highest BCUT2D eigenvalue weighted by atomic mass is 35.5. The van der Waals surface area contributed by atoms with Gasteiger partial charge in [0, 0.05) is 22.5 Å². The summed E-state index contributed by atoms with van der Waals surface area (Å²) in [5.74, 6) is -1.57. The number of nitrogens with one attached hydrogen (secondary N) is 1. The number of nitrogens with two attached hydrogens (primary N) is 2. The molecule has 2 unspecified atom stereocenters. The number of carbonyl (C=O) groups is 3. The molecule has 0 radical (unpaired) electrons. The number of hydrogen-bond acceptors (Lipinski definition) is 5. The Morgan fingerprint density at radius 1 is 1.27 bits per heavy atom. The van der Waals surface area contributed by atoms with Crippen LogP contribution in [0.25, 0.3) is 0 Å². The van der Waals surface area contributed by atoms with Crippen molar-refractivity contribution < 1.29 is 19.5 Å². The summed E-state index contributed by atoms with van der Waals surface area (Å²) in [7, 11) is 0. The number of aliphatic carboxylic acids is 1. The van der Waals surface area contributed by atoms with Crippen molar-refractivity contribution in [2.24, 2.45) is 11.5 Å². The maximum atomic E-state index is 12.1. The number of primary amides is 1. The molecule has 0 aliphatic heterocycles. The van der Waals surface area contributed by atoms with Gasteiger partial charge >= 0.3 is 5.97 Å². The van der Waals surface area contributed by atoms with Crippen LogP contribution >= 0.6 is 11.6 Å². The first-order valence-corrected chi connectivity index (χ1v) is 8.55. The molecule has 0 heterocycles. The van der Waals surface area contributed by atoms with E-state index in [1.165, 1.54) is 0 Å². The van der Waals surface area contributed by atoms with Crippen molar-refractivity contribution in [3.8, 4) is 0 Å². The van der Waals surface area contributed by atoms with Gasteiger partial charge in [-0.05, 0) is 46.2 Å². The number of rotatable bonds is 7. The number of carbonyl (C=O) groups excluding carboxylic acids is 2. The molecule has 0 fully saturated rings. The molecule has 146 valence electrons. The molecule has 1 rings (SSSR count). The first-order valence-electron chi connectivity index (χ1n) is 8.17. The molecule has 0 saturated carbocycles.